The van der Waals surface area contributed by atoms with E-state index in [1.807, 2.05) is 32.1 Å². The molecule has 0 aromatic carbocycles. The molecule has 0 aliphatic carbocycles. The standard InChI is InChI=1S/C13H17NO2/c1-4-6-11(5-2)7-8-13(16)9-10-14(3)12(13)15/h4-6,16H,9-10H2,1-3H3. The summed E-state index contributed by atoms with van der Waals surface area (Å²) in [4.78, 5) is 13.1. The molecule has 1 saturated heterocycles. The zero-order valence-corrected chi connectivity index (χ0v) is 9.95. The lowest BCUT2D eigenvalue weighted by Crippen LogP contribution is -2.37. The highest BCUT2D eigenvalue weighted by atomic mass is 16.3. The second-order valence-electron chi connectivity index (χ2n) is 3.83. The Hall–Kier alpha value is -1.53. The van der Waals surface area contributed by atoms with E-state index in [4.69, 9.17) is 0 Å². The van der Waals surface area contributed by atoms with Crippen molar-refractivity contribution in [1.29, 1.82) is 0 Å². The van der Waals surface area contributed by atoms with Crippen LogP contribution in [-0.4, -0.2) is 35.1 Å². The monoisotopic (exact) mass is 219 g/mol. The van der Waals surface area contributed by atoms with E-state index in [0.29, 0.717) is 13.0 Å². The zero-order valence-electron chi connectivity index (χ0n) is 9.95. The van der Waals surface area contributed by atoms with Gasteiger partial charge in [-0.15, -0.1) is 0 Å². The topological polar surface area (TPSA) is 40.5 Å². The Morgan fingerprint density at radius 1 is 1.56 bits per heavy atom. The molecule has 1 amide bonds. The van der Waals surface area contributed by atoms with Gasteiger partial charge in [0.05, 0.1) is 0 Å². The molecular formula is C13H17NO2. The fourth-order valence-electron chi connectivity index (χ4n) is 1.53. The smallest absolute Gasteiger partial charge is 0.267 e. The Labute approximate surface area is 96.4 Å². The average molecular weight is 219 g/mol. The van der Waals surface area contributed by atoms with E-state index < -0.39 is 5.60 Å². The third kappa shape index (κ3) is 2.53. The van der Waals surface area contributed by atoms with Crippen molar-refractivity contribution in [2.24, 2.45) is 0 Å². The fourth-order valence-corrected chi connectivity index (χ4v) is 1.53. The number of amides is 1. The number of rotatable bonds is 1. The second kappa shape index (κ2) is 5.00. The van der Waals surface area contributed by atoms with E-state index in [-0.39, 0.29) is 5.91 Å². The summed E-state index contributed by atoms with van der Waals surface area (Å²) in [7, 11) is 1.67. The first kappa shape index (κ1) is 12.5. The lowest BCUT2D eigenvalue weighted by Gasteiger charge is -2.13. The predicted molar refractivity (Wildman–Crippen MR) is 63.6 cm³/mol. The molecule has 86 valence electrons. The van der Waals surface area contributed by atoms with Gasteiger partial charge in [-0.3, -0.25) is 4.79 Å². The highest BCUT2D eigenvalue weighted by Gasteiger charge is 2.42. The van der Waals surface area contributed by atoms with E-state index >= 15 is 0 Å². The number of hydrogen-bond acceptors (Lipinski definition) is 2. The summed E-state index contributed by atoms with van der Waals surface area (Å²) in [6.45, 7) is 4.32. The lowest BCUT2D eigenvalue weighted by atomic mass is 10.0. The summed E-state index contributed by atoms with van der Waals surface area (Å²) in [5.74, 6) is 5.19. The van der Waals surface area contributed by atoms with Crippen molar-refractivity contribution in [2.75, 3.05) is 13.6 Å². The number of likely N-dealkylation sites (N-methyl/N-ethyl adjacent to an activating group) is 1. The van der Waals surface area contributed by atoms with Gasteiger partial charge in [-0.2, -0.15) is 0 Å². The van der Waals surface area contributed by atoms with Gasteiger partial charge >= 0.3 is 0 Å². The lowest BCUT2D eigenvalue weighted by molar-refractivity contribution is -0.137. The van der Waals surface area contributed by atoms with Gasteiger partial charge < -0.3 is 10.0 Å². The highest BCUT2D eigenvalue weighted by molar-refractivity contribution is 5.90. The van der Waals surface area contributed by atoms with Crippen molar-refractivity contribution in [3.63, 3.8) is 0 Å². The van der Waals surface area contributed by atoms with Crippen LogP contribution in [0.25, 0.3) is 0 Å². The van der Waals surface area contributed by atoms with Crippen molar-refractivity contribution in [3.05, 3.63) is 23.8 Å². The maximum absolute atomic E-state index is 11.6. The van der Waals surface area contributed by atoms with Gasteiger partial charge in [0.2, 0.25) is 5.60 Å². The van der Waals surface area contributed by atoms with Crippen molar-refractivity contribution < 1.29 is 9.90 Å². The zero-order chi connectivity index (χ0) is 12.2. The molecule has 0 spiro atoms. The molecule has 0 aromatic rings. The first-order valence-corrected chi connectivity index (χ1v) is 5.33. The summed E-state index contributed by atoms with van der Waals surface area (Å²) >= 11 is 0. The van der Waals surface area contributed by atoms with Crippen LogP contribution in [-0.2, 0) is 4.79 Å². The molecule has 1 rings (SSSR count). The summed E-state index contributed by atoms with van der Waals surface area (Å²) in [6.07, 6.45) is 5.94. The van der Waals surface area contributed by atoms with Crippen molar-refractivity contribution in [3.8, 4) is 11.8 Å². The van der Waals surface area contributed by atoms with E-state index in [2.05, 4.69) is 11.8 Å². The molecule has 0 radical (unpaired) electrons. The molecule has 1 unspecified atom stereocenters. The van der Waals surface area contributed by atoms with E-state index in [1.54, 1.807) is 7.05 Å². The van der Waals surface area contributed by atoms with Gasteiger partial charge in [0.25, 0.3) is 5.91 Å². The normalized spacial score (nSPS) is 26.1. The maximum Gasteiger partial charge on any atom is 0.267 e. The largest absolute Gasteiger partial charge is 0.369 e. The van der Waals surface area contributed by atoms with Crippen LogP contribution in [0.1, 0.15) is 20.3 Å². The molecule has 3 heteroatoms. The maximum atomic E-state index is 11.6. The van der Waals surface area contributed by atoms with Crippen LogP contribution in [0.15, 0.2) is 23.8 Å². The number of hydrogen-bond donors (Lipinski definition) is 1. The Kier molecular flexibility index (Phi) is 3.92. The summed E-state index contributed by atoms with van der Waals surface area (Å²) in [5, 5.41) is 10.0. The Morgan fingerprint density at radius 2 is 2.25 bits per heavy atom. The molecule has 1 aliphatic heterocycles. The molecule has 0 aromatic heterocycles. The molecule has 0 saturated carbocycles. The van der Waals surface area contributed by atoms with Crippen LogP contribution in [0.3, 0.4) is 0 Å². The molecule has 1 N–H and O–H groups in total. The number of nitrogens with zero attached hydrogens (tertiary/aromatic N) is 1. The number of carbonyl (C=O) groups is 1. The van der Waals surface area contributed by atoms with E-state index in [0.717, 1.165) is 5.57 Å². The quantitative estimate of drug-likeness (QED) is 0.530. The summed E-state index contributed by atoms with van der Waals surface area (Å²) in [6, 6.07) is 0. The molecule has 1 atom stereocenters. The summed E-state index contributed by atoms with van der Waals surface area (Å²) in [5.41, 5.74) is -0.691. The third-order valence-electron chi connectivity index (χ3n) is 2.58. The minimum Gasteiger partial charge on any atom is -0.369 e. The molecule has 0 bridgehead atoms. The van der Waals surface area contributed by atoms with Crippen molar-refractivity contribution >= 4 is 5.91 Å². The van der Waals surface area contributed by atoms with Crippen LogP contribution >= 0.6 is 0 Å². The molecular weight excluding hydrogens is 202 g/mol. The summed E-state index contributed by atoms with van der Waals surface area (Å²) < 4.78 is 0. The van der Waals surface area contributed by atoms with Gasteiger partial charge in [0.1, 0.15) is 0 Å². The van der Waals surface area contributed by atoms with Crippen LogP contribution in [0.5, 0.6) is 0 Å². The number of carbonyl (C=O) groups excluding carboxylic acids is 1. The highest BCUT2D eigenvalue weighted by Crippen LogP contribution is 2.20. The van der Waals surface area contributed by atoms with Crippen LogP contribution in [0.4, 0.5) is 0 Å². The Morgan fingerprint density at radius 3 is 2.69 bits per heavy atom. The molecule has 16 heavy (non-hydrogen) atoms. The first-order chi connectivity index (χ1) is 7.53. The molecule has 1 fully saturated rings. The minimum absolute atomic E-state index is 0.309. The fraction of sp³-hybridized carbons (Fsp3) is 0.462. The van der Waals surface area contributed by atoms with E-state index in [9.17, 15) is 9.90 Å². The Bertz CT molecular complexity index is 398. The average Bonchev–Trinajstić information content (AvgIpc) is 2.53. The van der Waals surface area contributed by atoms with Gasteiger partial charge in [-0.1, -0.05) is 30.1 Å². The number of likely N-dealkylation sites (tertiary alicyclic amines) is 1. The minimum atomic E-state index is -1.50. The van der Waals surface area contributed by atoms with Gasteiger partial charge in [-0.05, 0) is 13.8 Å². The Balaban J connectivity index is 2.89. The van der Waals surface area contributed by atoms with Gasteiger partial charge in [0.15, 0.2) is 0 Å². The van der Waals surface area contributed by atoms with Gasteiger partial charge in [-0.25, -0.2) is 0 Å². The van der Waals surface area contributed by atoms with Crippen molar-refractivity contribution in [1.82, 2.24) is 4.90 Å². The molecule has 1 aliphatic rings. The van der Waals surface area contributed by atoms with Crippen LogP contribution < -0.4 is 0 Å². The van der Waals surface area contributed by atoms with Crippen molar-refractivity contribution in [2.45, 2.75) is 25.9 Å². The molecule has 3 nitrogen and oxygen atoms in total. The van der Waals surface area contributed by atoms with Gasteiger partial charge in [0, 0.05) is 25.6 Å². The SMILES string of the molecule is CC=CC(C#CC1(O)CCN(C)C1=O)=CC. The first-order valence-electron chi connectivity index (χ1n) is 5.33. The number of aliphatic hydroxyl groups is 1. The van der Waals surface area contributed by atoms with E-state index in [1.165, 1.54) is 4.90 Å². The number of allylic oxidation sites excluding steroid dienone is 4. The third-order valence-corrected chi connectivity index (χ3v) is 2.58. The van der Waals surface area contributed by atoms with Crippen LogP contribution in [0, 0.1) is 11.8 Å². The second-order valence-corrected chi connectivity index (χ2v) is 3.83. The predicted octanol–water partition coefficient (Wildman–Crippen LogP) is 1.11. The molecule has 1 heterocycles. The van der Waals surface area contributed by atoms with Crippen LogP contribution in [0.2, 0.25) is 0 Å².